The lowest BCUT2D eigenvalue weighted by Gasteiger charge is -2.14. The molecule has 0 heterocycles. The van der Waals surface area contributed by atoms with Gasteiger partial charge in [-0.2, -0.15) is 0 Å². The quantitative estimate of drug-likeness (QED) is 0.492. The summed E-state index contributed by atoms with van der Waals surface area (Å²) in [5.41, 5.74) is 2.45. The predicted octanol–water partition coefficient (Wildman–Crippen LogP) is 3.90. The van der Waals surface area contributed by atoms with E-state index < -0.39 is 0 Å². The van der Waals surface area contributed by atoms with Crippen LogP contribution in [0.5, 0.6) is 0 Å². The van der Waals surface area contributed by atoms with E-state index in [4.69, 9.17) is 0 Å². The van der Waals surface area contributed by atoms with Crippen LogP contribution in [0, 0.1) is 11.8 Å². The first kappa shape index (κ1) is 12.2. The Morgan fingerprint density at radius 3 is 2.67 bits per heavy atom. The summed E-state index contributed by atoms with van der Waals surface area (Å²) in [5.74, 6) is 1.47. The summed E-state index contributed by atoms with van der Waals surface area (Å²) in [6, 6.07) is 0. The minimum absolute atomic E-state index is 0.385. The fourth-order valence-corrected chi connectivity index (χ4v) is 2.42. The van der Waals surface area contributed by atoms with E-state index in [-0.39, 0.29) is 0 Å². The second-order valence-corrected chi connectivity index (χ2v) is 4.82. The second kappa shape index (κ2) is 5.29. The van der Waals surface area contributed by atoms with Crippen molar-refractivity contribution in [3.05, 3.63) is 23.8 Å². The lowest BCUT2D eigenvalue weighted by molar-refractivity contribution is -0.115. The van der Waals surface area contributed by atoms with E-state index in [1.54, 1.807) is 0 Å². The van der Waals surface area contributed by atoms with Gasteiger partial charge < -0.3 is 0 Å². The average molecular weight is 206 g/mol. The third-order valence-electron chi connectivity index (χ3n) is 3.41. The third-order valence-corrected chi connectivity index (χ3v) is 3.41. The van der Waals surface area contributed by atoms with Crippen LogP contribution in [0.1, 0.15) is 46.5 Å². The molecule has 0 radical (unpaired) electrons. The van der Waals surface area contributed by atoms with Gasteiger partial charge in [-0.1, -0.05) is 25.5 Å². The molecule has 0 aromatic rings. The van der Waals surface area contributed by atoms with Crippen LogP contribution in [0.4, 0.5) is 0 Å². The van der Waals surface area contributed by atoms with Crippen molar-refractivity contribution in [1.82, 2.24) is 0 Å². The molecule has 0 aromatic carbocycles. The Balaban J connectivity index is 2.67. The van der Waals surface area contributed by atoms with Gasteiger partial charge in [-0.15, -0.1) is 6.58 Å². The van der Waals surface area contributed by atoms with E-state index in [2.05, 4.69) is 27.4 Å². The van der Waals surface area contributed by atoms with Gasteiger partial charge in [-0.05, 0) is 43.6 Å². The van der Waals surface area contributed by atoms with Crippen molar-refractivity contribution in [2.75, 3.05) is 0 Å². The molecule has 1 atom stereocenters. The minimum Gasteiger partial charge on any atom is -0.295 e. The summed E-state index contributed by atoms with van der Waals surface area (Å²) in [6.45, 7) is 10.2. The lowest BCUT2D eigenvalue weighted by atomic mass is 9.90. The summed E-state index contributed by atoms with van der Waals surface area (Å²) in [5, 5.41) is 0. The molecule has 0 amide bonds. The highest BCUT2D eigenvalue weighted by molar-refractivity contribution is 5.99. The number of allylic oxidation sites excluding steroid dienone is 3. The van der Waals surface area contributed by atoms with Crippen molar-refractivity contribution in [2.45, 2.75) is 46.5 Å². The van der Waals surface area contributed by atoms with Crippen LogP contribution in [0.15, 0.2) is 23.8 Å². The standard InChI is InChI=1S/C14H22O/c1-5-6-7-8-12-11(4)13(10(2)3)9-14(12)15/h5,10,13H,1,6-9H2,2-4H3/t13-/m1/s1. The second-order valence-electron chi connectivity index (χ2n) is 4.82. The normalized spacial score (nSPS) is 21.6. The highest BCUT2D eigenvalue weighted by Crippen LogP contribution is 2.36. The maximum absolute atomic E-state index is 11.8. The first-order valence-corrected chi connectivity index (χ1v) is 5.91. The molecule has 0 aromatic heterocycles. The molecule has 1 rings (SSSR count). The Kier molecular flexibility index (Phi) is 4.31. The van der Waals surface area contributed by atoms with E-state index in [1.165, 1.54) is 5.57 Å². The van der Waals surface area contributed by atoms with Gasteiger partial charge in [0.1, 0.15) is 0 Å². The topological polar surface area (TPSA) is 17.1 Å². The van der Waals surface area contributed by atoms with Crippen LogP contribution >= 0.6 is 0 Å². The van der Waals surface area contributed by atoms with Crippen LogP contribution in [0.2, 0.25) is 0 Å². The Bertz CT molecular complexity index is 284. The van der Waals surface area contributed by atoms with Crippen LogP contribution < -0.4 is 0 Å². The van der Waals surface area contributed by atoms with E-state index in [1.807, 2.05) is 6.08 Å². The molecular formula is C14H22O. The Labute approximate surface area is 93.3 Å². The largest absolute Gasteiger partial charge is 0.295 e. The smallest absolute Gasteiger partial charge is 0.159 e. The number of ketones is 1. The number of carbonyl (C=O) groups is 1. The number of Topliss-reactive ketones (excluding diaryl/α,β-unsaturated/α-hetero) is 1. The Hall–Kier alpha value is -0.850. The van der Waals surface area contributed by atoms with Crippen LogP contribution in [0.3, 0.4) is 0 Å². The van der Waals surface area contributed by atoms with E-state index in [9.17, 15) is 4.79 Å². The highest BCUT2D eigenvalue weighted by atomic mass is 16.1. The van der Waals surface area contributed by atoms with E-state index >= 15 is 0 Å². The summed E-state index contributed by atoms with van der Waals surface area (Å²) in [4.78, 5) is 11.8. The minimum atomic E-state index is 0.385. The summed E-state index contributed by atoms with van der Waals surface area (Å²) < 4.78 is 0. The summed E-state index contributed by atoms with van der Waals surface area (Å²) in [7, 11) is 0. The molecule has 1 aliphatic rings. The molecular weight excluding hydrogens is 184 g/mol. The molecule has 1 heteroatoms. The first-order valence-electron chi connectivity index (χ1n) is 5.91. The molecule has 84 valence electrons. The van der Waals surface area contributed by atoms with E-state index in [0.717, 1.165) is 31.3 Å². The molecule has 0 saturated carbocycles. The maximum Gasteiger partial charge on any atom is 0.159 e. The fourth-order valence-electron chi connectivity index (χ4n) is 2.42. The van der Waals surface area contributed by atoms with Gasteiger partial charge in [-0.3, -0.25) is 4.79 Å². The van der Waals surface area contributed by atoms with Gasteiger partial charge in [-0.25, -0.2) is 0 Å². The molecule has 0 saturated heterocycles. The van der Waals surface area contributed by atoms with Crippen LogP contribution in [-0.2, 0) is 4.79 Å². The van der Waals surface area contributed by atoms with Gasteiger partial charge in [0.2, 0.25) is 0 Å². The summed E-state index contributed by atoms with van der Waals surface area (Å²) >= 11 is 0. The maximum atomic E-state index is 11.8. The molecule has 0 aliphatic heterocycles. The first-order chi connectivity index (χ1) is 7.07. The molecule has 15 heavy (non-hydrogen) atoms. The van der Waals surface area contributed by atoms with Gasteiger partial charge in [0.25, 0.3) is 0 Å². The van der Waals surface area contributed by atoms with Gasteiger partial charge in [0.15, 0.2) is 5.78 Å². The Morgan fingerprint density at radius 1 is 1.53 bits per heavy atom. The van der Waals surface area contributed by atoms with Crippen molar-refractivity contribution < 1.29 is 4.79 Å². The molecule has 0 spiro atoms. The molecule has 0 fully saturated rings. The number of carbonyl (C=O) groups excluding carboxylic acids is 1. The monoisotopic (exact) mass is 206 g/mol. The van der Waals surface area contributed by atoms with Crippen molar-refractivity contribution in [1.29, 1.82) is 0 Å². The molecule has 0 unspecified atom stereocenters. The summed E-state index contributed by atoms with van der Waals surface area (Å²) in [6.07, 6.45) is 5.69. The number of rotatable bonds is 5. The third kappa shape index (κ3) is 2.80. The van der Waals surface area contributed by atoms with E-state index in [0.29, 0.717) is 17.6 Å². The molecule has 0 N–H and O–H groups in total. The lowest BCUT2D eigenvalue weighted by Crippen LogP contribution is -2.07. The molecule has 1 nitrogen and oxygen atoms in total. The SMILES string of the molecule is C=CCCCC1=C(C)[C@@H](C(C)C)CC1=O. The molecule has 0 bridgehead atoms. The zero-order valence-electron chi connectivity index (χ0n) is 10.2. The van der Waals surface area contributed by atoms with Crippen molar-refractivity contribution >= 4 is 5.78 Å². The van der Waals surface area contributed by atoms with Crippen LogP contribution in [0.25, 0.3) is 0 Å². The highest BCUT2D eigenvalue weighted by Gasteiger charge is 2.30. The van der Waals surface area contributed by atoms with Crippen molar-refractivity contribution in [3.63, 3.8) is 0 Å². The number of hydrogen-bond acceptors (Lipinski definition) is 1. The van der Waals surface area contributed by atoms with Crippen molar-refractivity contribution in [2.24, 2.45) is 11.8 Å². The predicted molar refractivity (Wildman–Crippen MR) is 64.7 cm³/mol. The Morgan fingerprint density at radius 2 is 2.20 bits per heavy atom. The number of unbranched alkanes of at least 4 members (excludes halogenated alkanes) is 1. The fraction of sp³-hybridized carbons (Fsp3) is 0.643. The molecule has 1 aliphatic carbocycles. The zero-order valence-corrected chi connectivity index (χ0v) is 10.2. The number of hydrogen-bond donors (Lipinski definition) is 0. The van der Waals surface area contributed by atoms with Crippen LogP contribution in [-0.4, -0.2) is 5.78 Å². The van der Waals surface area contributed by atoms with Gasteiger partial charge >= 0.3 is 0 Å². The average Bonchev–Trinajstić information content (AvgIpc) is 2.45. The van der Waals surface area contributed by atoms with Crippen molar-refractivity contribution in [3.8, 4) is 0 Å². The zero-order chi connectivity index (χ0) is 11.4. The van der Waals surface area contributed by atoms with Gasteiger partial charge in [0.05, 0.1) is 0 Å². The van der Waals surface area contributed by atoms with Gasteiger partial charge in [0, 0.05) is 6.42 Å².